The van der Waals surface area contributed by atoms with E-state index < -0.39 is 47.3 Å². The molecule has 4 rings (SSSR count). The maximum Gasteiger partial charge on any atom is 0.420 e. The van der Waals surface area contributed by atoms with E-state index in [0.717, 1.165) is 0 Å². The van der Waals surface area contributed by atoms with Gasteiger partial charge in [0.1, 0.15) is 17.9 Å². The molecule has 2 aromatic rings. The Morgan fingerprint density at radius 2 is 1.72 bits per heavy atom. The van der Waals surface area contributed by atoms with E-state index in [4.69, 9.17) is 9.47 Å². The fourth-order valence-electron chi connectivity index (χ4n) is 4.39. The molecular formula is C22H21F6NO3. The average Bonchev–Trinajstić information content (AvgIpc) is 3.06. The predicted molar refractivity (Wildman–Crippen MR) is 103 cm³/mol. The molecule has 0 aromatic heterocycles. The number of hydrogen-bond donors (Lipinski definition) is 1. The largest absolute Gasteiger partial charge is 0.490 e. The number of carbonyl (C=O) groups is 1. The van der Waals surface area contributed by atoms with Crippen molar-refractivity contribution in [3.63, 3.8) is 0 Å². The van der Waals surface area contributed by atoms with Gasteiger partial charge >= 0.3 is 18.4 Å². The van der Waals surface area contributed by atoms with Crippen LogP contribution in [0.1, 0.15) is 43.7 Å². The summed E-state index contributed by atoms with van der Waals surface area (Å²) in [6.45, 7) is 1.75. The lowest BCUT2D eigenvalue weighted by molar-refractivity contribution is -0.185. The Morgan fingerprint density at radius 1 is 1.03 bits per heavy atom. The van der Waals surface area contributed by atoms with Gasteiger partial charge in [-0.15, -0.1) is 0 Å². The lowest BCUT2D eigenvalue weighted by Gasteiger charge is -2.31. The molecule has 1 saturated heterocycles. The van der Waals surface area contributed by atoms with E-state index in [0.29, 0.717) is 10.9 Å². The van der Waals surface area contributed by atoms with Crippen LogP contribution in [0.5, 0.6) is 5.75 Å². The second-order valence-electron chi connectivity index (χ2n) is 8.54. The number of carbonyl (C=O) groups excluding carboxylic acids is 1. The number of halogens is 6. The van der Waals surface area contributed by atoms with Crippen LogP contribution in [-0.4, -0.2) is 25.0 Å². The number of amides is 1. The van der Waals surface area contributed by atoms with Gasteiger partial charge in [-0.2, -0.15) is 26.3 Å². The Labute approximate surface area is 179 Å². The highest BCUT2D eigenvalue weighted by Gasteiger charge is 2.43. The van der Waals surface area contributed by atoms with Gasteiger partial charge in [-0.3, -0.25) is 0 Å². The average molecular weight is 461 g/mol. The Morgan fingerprint density at radius 3 is 2.28 bits per heavy atom. The van der Waals surface area contributed by atoms with Crippen molar-refractivity contribution in [2.24, 2.45) is 5.92 Å². The highest BCUT2D eigenvalue weighted by molar-refractivity contribution is 5.89. The molecule has 1 saturated carbocycles. The summed E-state index contributed by atoms with van der Waals surface area (Å²) in [5.41, 5.74) is -1.24. The van der Waals surface area contributed by atoms with Crippen LogP contribution in [0, 0.1) is 5.92 Å². The van der Waals surface area contributed by atoms with E-state index in [1.807, 2.05) is 0 Å². The number of ether oxygens (including phenoxy) is 2. The third-order valence-corrected chi connectivity index (χ3v) is 6.20. The van der Waals surface area contributed by atoms with Crippen molar-refractivity contribution in [1.82, 2.24) is 5.32 Å². The van der Waals surface area contributed by atoms with Gasteiger partial charge in [-0.1, -0.05) is 18.2 Å². The van der Waals surface area contributed by atoms with E-state index in [1.165, 1.54) is 24.3 Å². The first kappa shape index (κ1) is 22.5. The first-order valence-corrected chi connectivity index (χ1v) is 10.2. The summed E-state index contributed by atoms with van der Waals surface area (Å²) in [6, 6.07) is 7.04. The summed E-state index contributed by atoms with van der Waals surface area (Å²) in [4.78, 5) is 11.4. The van der Waals surface area contributed by atoms with Gasteiger partial charge in [0.2, 0.25) is 0 Å². The molecule has 2 aromatic carbocycles. The molecule has 32 heavy (non-hydrogen) atoms. The third kappa shape index (κ3) is 4.31. The quantitative estimate of drug-likeness (QED) is 0.545. The van der Waals surface area contributed by atoms with Crippen molar-refractivity contribution < 1.29 is 40.6 Å². The lowest BCUT2D eigenvalue weighted by Crippen LogP contribution is -2.37. The Balaban J connectivity index is 1.64. The van der Waals surface area contributed by atoms with Crippen molar-refractivity contribution in [2.75, 3.05) is 6.61 Å². The number of nitrogens with one attached hydrogen (secondary N) is 1. The van der Waals surface area contributed by atoms with E-state index in [9.17, 15) is 31.1 Å². The third-order valence-electron chi connectivity index (χ3n) is 6.20. The molecule has 174 valence electrons. The molecule has 10 heteroatoms. The van der Waals surface area contributed by atoms with E-state index >= 15 is 0 Å². The number of cyclic esters (lactones) is 1. The van der Waals surface area contributed by atoms with Crippen LogP contribution in [0.4, 0.5) is 31.1 Å². The van der Waals surface area contributed by atoms with Gasteiger partial charge in [0, 0.05) is 0 Å². The molecule has 0 bridgehead atoms. The van der Waals surface area contributed by atoms with Crippen LogP contribution < -0.4 is 10.1 Å². The molecule has 2 fully saturated rings. The van der Waals surface area contributed by atoms with Crippen LogP contribution in [0.15, 0.2) is 30.3 Å². The fourth-order valence-corrected chi connectivity index (χ4v) is 4.39. The highest BCUT2D eigenvalue weighted by Crippen LogP contribution is 2.44. The van der Waals surface area contributed by atoms with Crippen molar-refractivity contribution in [1.29, 1.82) is 0 Å². The highest BCUT2D eigenvalue weighted by atomic mass is 19.4. The maximum atomic E-state index is 14.0. The maximum absolute atomic E-state index is 14.0. The molecule has 4 nitrogen and oxygen atoms in total. The molecule has 1 N–H and O–H groups in total. The number of alkyl carbamates (subject to hydrolysis) is 1. The van der Waals surface area contributed by atoms with Crippen LogP contribution in [-0.2, 0) is 16.5 Å². The van der Waals surface area contributed by atoms with Crippen molar-refractivity contribution in [2.45, 2.75) is 56.6 Å². The molecular weight excluding hydrogens is 440 g/mol. The van der Waals surface area contributed by atoms with Gasteiger partial charge in [0.05, 0.1) is 17.6 Å². The first-order valence-electron chi connectivity index (χ1n) is 10.2. The standard InChI is InChI=1S/C22H21F6NO3/c1-20(11-31-19(30)29-20)14-5-8-16-12(10-14)2-9-17(18(16)22(26,27)28)32-15-6-3-13(4-7-15)21(23,24)25/h2,5,8-10,13,15H,3-4,6-7,11H2,1H3,(H,29,30)/t13-,15-,20-/m0/s1. The molecule has 2 aliphatic rings. The lowest BCUT2D eigenvalue weighted by atomic mass is 9.87. The van der Waals surface area contributed by atoms with Crippen LogP contribution in [0.3, 0.4) is 0 Å². The minimum absolute atomic E-state index is 0.0382. The summed E-state index contributed by atoms with van der Waals surface area (Å²) in [6.07, 6.45) is -10.6. The molecule has 0 unspecified atom stereocenters. The summed E-state index contributed by atoms with van der Waals surface area (Å²) < 4.78 is 91.0. The zero-order chi connectivity index (χ0) is 23.3. The van der Waals surface area contributed by atoms with Gasteiger partial charge in [0.25, 0.3) is 0 Å². The number of alkyl halides is 6. The number of fused-ring (bicyclic) bond motifs is 1. The van der Waals surface area contributed by atoms with Crippen molar-refractivity contribution in [3.05, 3.63) is 41.5 Å². The molecule has 1 amide bonds. The Hall–Kier alpha value is -2.65. The van der Waals surface area contributed by atoms with Gasteiger partial charge < -0.3 is 14.8 Å². The van der Waals surface area contributed by atoms with Crippen LogP contribution in [0.2, 0.25) is 0 Å². The summed E-state index contributed by atoms with van der Waals surface area (Å²) in [5, 5.41) is 2.86. The Kier molecular flexibility index (Phi) is 5.45. The van der Waals surface area contributed by atoms with Gasteiger partial charge in [0.15, 0.2) is 0 Å². The Bertz CT molecular complexity index is 1030. The number of benzene rings is 2. The number of rotatable bonds is 3. The van der Waals surface area contributed by atoms with E-state index in [2.05, 4.69) is 5.32 Å². The minimum Gasteiger partial charge on any atom is -0.490 e. The molecule has 1 aliphatic heterocycles. The minimum atomic E-state index is -4.73. The van der Waals surface area contributed by atoms with Crippen LogP contribution in [0.25, 0.3) is 10.8 Å². The first-order chi connectivity index (χ1) is 14.9. The van der Waals surface area contributed by atoms with E-state index in [1.54, 1.807) is 13.0 Å². The second-order valence-corrected chi connectivity index (χ2v) is 8.54. The fraction of sp³-hybridized carbons (Fsp3) is 0.500. The summed E-state index contributed by atoms with van der Waals surface area (Å²) >= 11 is 0. The summed E-state index contributed by atoms with van der Waals surface area (Å²) in [5.74, 6) is -1.84. The summed E-state index contributed by atoms with van der Waals surface area (Å²) in [7, 11) is 0. The zero-order valence-electron chi connectivity index (χ0n) is 17.1. The second kappa shape index (κ2) is 7.74. The molecule has 0 radical (unpaired) electrons. The number of hydrogen-bond acceptors (Lipinski definition) is 3. The topological polar surface area (TPSA) is 47.6 Å². The van der Waals surface area contributed by atoms with Crippen molar-refractivity contribution >= 4 is 16.9 Å². The molecule has 1 aliphatic carbocycles. The monoisotopic (exact) mass is 461 g/mol. The van der Waals surface area contributed by atoms with Crippen molar-refractivity contribution in [3.8, 4) is 5.75 Å². The predicted octanol–water partition coefficient (Wildman–Crippen LogP) is 6.31. The smallest absolute Gasteiger partial charge is 0.420 e. The van der Waals surface area contributed by atoms with Gasteiger partial charge in [-0.05, 0) is 61.1 Å². The SMILES string of the molecule is C[C@@]1(c2ccc3c(C(F)(F)F)c(O[C@H]4CC[C@H](C(F)(F)F)CC4)ccc3c2)COC(=O)N1. The molecule has 1 atom stereocenters. The molecule has 1 heterocycles. The molecule has 0 spiro atoms. The zero-order valence-corrected chi connectivity index (χ0v) is 17.1. The van der Waals surface area contributed by atoms with Gasteiger partial charge in [-0.25, -0.2) is 4.79 Å². The van der Waals surface area contributed by atoms with Crippen LogP contribution >= 0.6 is 0 Å². The normalized spacial score (nSPS) is 26.7. The van der Waals surface area contributed by atoms with E-state index in [-0.39, 0.29) is 37.7 Å².